The lowest BCUT2D eigenvalue weighted by Crippen LogP contribution is -2.46. The molecule has 0 bridgehead atoms. The van der Waals surface area contributed by atoms with Gasteiger partial charge in [-0.3, -0.25) is 48.3 Å². The number of hydrogen-bond donors (Lipinski definition) is 1. The predicted molar refractivity (Wildman–Crippen MR) is 605 cm³/mol. The lowest BCUT2D eigenvalue weighted by atomic mass is 10.0. The summed E-state index contributed by atoms with van der Waals surface area (Å²) in [6.07, 6.45) is 68.7. The Kier molecular flexibility index (Phi) is 48.9. The number of carbonyl (C=O) groups excluding carboxylic acids is 4. The molecule has 0 radical (unpaired) electrons. The molecule has 0 atom stereocenters. The minimum Gasteiger partial charge on any atom is -0.494 e. The summed E-state index contributed by atoms with van der Waals surface area (Å²) >= 11 is 38.6. The molecular formula is C119H142Cl6N10O10. The van der Waals surface area contributed by atoms with Crippen molar-refractivity contribution < 1.29 is 33.4 Å². The summed E-state index contributed by atoms with van der Waals surface area (Å²) in [6, 6.07) is 40.6. The molecule has 1 amide bonds. The second kappa shape index (κ2) is 62.9. The van der Waals surface area contributed by atoms with Gasteiger partial charge in [0.15, 0.2) is 0 Å². The van der Waals surface area contributed by atoms with E-state index in [0.29, 0.717) is 104 Å². The predicted octanol–water partition coefficient (Wildman–Crippen LogP) is 27.0. The Morgan fingerprint density at radius 1 is 0.310 bits per heavy atom. The van der Waals surface area contributed by atoms with E-state index < -0.39 is 5.56 Å². The van der Waals surface area contributed by atoms with Crippen molar-refractivity contribution in [2.45, 2.75) is 187 Å². The van der Waals surface area contributed by atoms with Gasteiger partial charge in [0.25, 0.3) is 16.7 Å². The van der Waals surface area contributed by atoms with E-state index in [2.05, 4.69) is 162 Å². The molecule has 3 saturated heterocycles. The van der Waals surface area contributed by atoms with Gasteiger partial charge in [0.2, 0.25) is 23.6 Å². The molecule has 12 rings (SSSR count). The first-order valence-corrected chi connectivity index (χ1v) is 54.3. The fourth-order valence-electron chi connectivity index (χ4n) is 18.2. The number of unbranched alkanes of at least 4 members (excludes halogenated alkanes) is 6. The zero-order valence-corrected chi connectivity index (χ0v) is 88.5. The van der Waals surface area contributed by atoms with Gasteiger partial charge in [-0.15, -0.1) is 0 Å². The van der Waals surface area contributed by atoms with E-state index >= 15 is 0 Å². The summed E-state index contributed by atoms with van der Waals surface area (Å²) < 4.78 is 23.2. The van der Waals surface area contributed by atoms with Gasteiger partial charge in [0.1, 0.15) is 17.2 Å². The second-order valence-corrected chi connectivity index (χ2v) is 39.3. The number of anilines is 3. The summed E-state index contributed by atoms with van der Waals surface area (Å²) in [5, 5.41) is 8.66. The number of benzene rings is 6. The molecule has 145 heavy (non-hydrogen) atoms. The van der Waals surface area contributed by atoms with E-state index in [1.807, 2.05) is 103 Å². The second-order valence-electron chi connectivity index (χ2n) is 36.9. The summed E-state index contributed by atoms with van der Waals surface area (Å²) in [4.78, 5) is 107. The smallest absolute Gasteiger partial charge is 0.257 e. The van der Waals surface area contributed by atoms with Crippen molar-refractivity contribution in [3.8, 4) is 17.2 Å². The van der Waals surface area contributed by atoms with Crippen LogP contribution in [0.3, 0.4) is 0 Å². The zero-order chi connectivity index (χ0) is 102. The van der Waals surface area contributed by atoms with Crippen LogP contribution in [0.5, 0.6) is 17.2 Å². The Morgan fingerprint density at radius 2 is 0.641 bits per heavy atom. The molecule has 0 unspecified atom stereocenters. The number of amides is 1. The molecule has 0 spiro atoms. The average molecular weight is 2090 g/mol. The van der Waals surface area contributed by atoms with Crippen LogP contribution in [0.1, 0.15) is 199 Å². The Balaban J connectivity index is 0.519. The highest BCUT2D eigenvalue weighted by molar-refractivity contribution is 6.45. The summed E-state index contributed by atoms with van der Waals surface area (Å²) in [5.74, 6) is 1.06. The van der Waals surface area contributed by atoms with Gasteiger partial charge in [-0.05, 0) is 280 Å². The molecule has 20 nitrogen and oxygen atoms in total. The maximum Gasteiger partial charge on any atom is 0.257 e. The van der Waals surface area contributed by atoms with E-state index in [1.54, 1.807) is 18.2 Å². The fraction of sp³-hybridized carbons (Fsp3) is 0.403. The van der Waals surface area contributed by atoms with Crippen molar-refractivity contribution in [2.24, 2.45) is 0 Å². The number of allylic oxidation sites excluding steroid dienone is 22. The molecule has 6 heterocycles. The third-order valence-electron chi connectivity index (χ3n) is 26.3. The van der Waals surface area contributed by atoms with Crippen LogP contribution in [0.25, 0.3) is 32.7 Å². The van der Waals surface area contributed by atoms with Crippen LogP contribution in [-0.4, -0.2) is 177 Å². The summed E-state index contributed by atoms with van der Waals surface area (Å²) in [7, 11) is 0. The SMILES string of the molecule is CC(=O)NCCCC(=O)n1c(=O)ccc2cc(CCC=CCC=CCC=CCC=CCC=CCC=CCCC(=O)n3c(=O)ccc4cc(CCCCCC=CCC=CCC=CCC=CCC=CCCC(=O)n5c(=O)ccc6ccc(OCCCCN7CCN(c8cccc(Cl)c8Cl)CC7)cc65)c(OCCCCN5CCN(c6cccc(Cl)c6Cl)CC5)cc43)c(OCCCCN3CCN(c4cccc(Cl)c4Cl)CC3)cc21. The number of nitrogens with one attached hydrogen (secondary N) is 1. The first-order valence-electron chi connectivity index (χ1n) is 52.0. The number of carbonyl (C=O) groups is 4. The van der Waals surface area contributed by atoms with Crippen LogP contribution in [0, 0.1) is 0 Å². The Hall–Kier alpha value is -11.0. The molecule has 9 aromatic rings. The normalized spacial score (nSPS) is 14.6. The van der Waals surface area contributed by atoms with Crippen LogP contribution >= 0.6 is 69.6 Å². The molecule has 0 saturated carbocycles. The number of rotatable bonds is 58. The minimum absolute atomic E-state index is 0.110. The third-order valence-corrected chi connectivity index (χ3v) is 28.7. The fourth-order valence-corrected chi connectivity index (χ4v) is 19.5. The molecular weight excluding hydrogens is 1940 g/mol. The quantitative estimate of drug-likeness (QED) is 0.0279. The highest BCUT2D eigenvalue weighted by Crippen LogP contribution is 2.38. The van der Waals surface area contributed by atoms with Crippen LogP contribution in [0.4, 0.5) is 17.1 Å². The number of aryl methyl sites for hydroxylation is 2. The molecule has 26 heteroatoms. The first kappa shape index (κ1) is 113. The van der Waals surface area contributed by atoms with Crippen molar-refractivity contribution in [3.63, 3.8) is 0 Å². The van der Waals surface area contributed by atoms with Crippen molar-refractivity contribution in [1.82, 2.24) is 33.7 Å². The van der Waals surface area contributed by atoms with Gasteiger partial charge in [0, 0.05) is 148 Å². The van der Waals surface area contributed by atoms with Gasteiger partial charge >= 0.3 is 0 Å². The topological polar surface area (TPSA) is 193 Å². The van der Waals surface area contributed by atoms with Crippen LogP contribution < -0.4 is 50.9 Å². The molecule has 3 aliphatic heterocycles. The zero-order valence-electron chi connectivity index (χ0n) is 84.0. The van der Waals surface area contributed by atoms with E-state index in [4.69, 9.17) is 83.8 Å². The number of fused-ring (bicyclic) bond motifs is 3. The first-order chi connectivity index (χ1) is 70.8. The van der Waals surface area contributed by atoms with Crippen LogP contribution in [0.15, 0.2) is 282 Å². The van der Waals surface area contributed by atoms with Crippen molar-refractivity contribution >= 4 is 143 Å². The number of aromatic nitrogens is 3. The van der Waals surface area contributed by atoms with E-state index in [1.165, 1.54) is 38.8 Å². The van der Waals surface area contributed by atoms with Crippen LogP contribution in [0.2, 0.25) is 30.1 Å². The van der Waals surface area contributed by atoms with Gasteiger partial charge in [-0.1, -0.05) is 228 Å². The molecule has 0 aliphatic carbocycles. The van der Waals surface area contributed by atoms with E-state index in [9.17, 15) is 33.6 Å². The maximum absolute atomic E-state index is 14.0. The van der Waals surface area contributed by atoms with Gasteiger partial charge in [0.05, 0.1) is 83.6 Å². The third kappa shape index (κ3) is 37.1. The monoisotopic (exact) mass is 2080 g/mol. The number of hydrogen-bond acceptors (Lipinski definition) is 16. The number of pyridine rings is 3. The standard InChI is InChI=1S/C119H142Cl6N10O10/c1-93(136)126-69-49-60-113(139)135-108-92-110(145-87-45-42-72-129-77-83-132(84-78-129)105-57-48-54-102(122)119(105)125)98(89-96(108)64-68-116(135)142)51-37-33-29-25-21-17-13-9-5-3-7-11-15-19-23-27-31-35-39-59-112(138)134-107-91-109(144-86-44-41-71-128-75-81-131(82-76-128)104-56-47-53-101(121)118(104)124)97(88-95(107)63-67-115(134)141)50-36-32-28-24-20-16-12-8-4-2-6-10-14-18-22-26-30-34-38-58-111(137)133-106-90-99(65-61-94(106)62-66-114(133)140)143-85-43-40-70-127-73-79-130(80-74-127)103-55-46-52-100(120)117(103)123/h4-11,16-23,29-31,33-35,46-48,52-57,61-68,88-92H,2-3,12-15,24-28,32,36-45,49-51,58-60,69-87H2,1H3,(H,126,136). The average Bonchev–Trinajstić information content (AvgIpc) is 0.595. The highest BCUT2D eigenvalue weighted by Gasteiger charge is 2.26. The number of piperazine rings is 3. The molecule has 770 valence electrons. The van der Waals surface area contributed by atoms with Gasteiger partial charge in [-0.2, -0.15) is 0 Å². The van der Waals surface area contributed by atoms with E-state index in [-0.39, 0.29) is 54.0 Å². The maximum atomic E-state index is 14.0. The van der Waals surface area contributed by atoms with Crippen molar-refractivity contribution in [2.75, 3.05) is 139 Å². The van der Waals surface area contributed by atoms with Crippen molar-refractivity contribution in [1.29, 1.82) is 0 Å². The molecule has 3 aromatic heterocycles. The van der Waals surface area contributed by atoms with E-state index in [0.717, 1.165) is 290 Å². The number of nitrogens with zero attached hydrogens (tertiary/aromatic N) is 9. The van der Waals surface area contributed by atoms with Crippen LogP contribution in [-0.2, 0) is 17.6 Å². The molecule has 1 N–H and O–H groups in total. The molecule has 6 aromatic carbocycles. The largest absolute Gasteiger partial charge is 0.494 e. The Labute approximate surface area is 886 Å². The minimum atomic E-state index is -0.397. The Morgan fingerprint density at radius 3 is 1.03 bits per heavy atom. The Bertz CT molecular complexity index is 6260. The number of ether oxygens (including phenoxy) is 3. The summed E-state index contributed by atoms with van der Waals surface area (Å²) in [6.45, 7) is 17.1. The number of halogens is 6. The van der Waals surface area contributed by atoms with Crippen molar-refractivity contribution in [3.05, 3.63) is 339 Å². The highest BCUT2D eigenvalue weighted by atomic mass is 35.5. The molecule has 3 fully saturated rings. The van der Waals surface area contributed by atoms with Gasteiger partial charge < -0.3 is 34.2 Å². The summed E-state index contributed by atoms with van der Waals surface area (Å²) in [5.41, 5.74) is 5.58. The van der Waals surface area contributed by atoms with Gasteiger partial charge in [-0.25, -0.2) is 13.7 Å². The lowest BCUT2D eigenvalue weighted by molar-refractivity contribution is -0.118. The molecule has 3 aliphatic rings. The lowest BCUT2D eigenvalue weighted by Gasteiger charge is -2.36.